The maximum atomic E-state index is 13.9. The van der Waals surface area contributed by atoms with E-state index in [2.05, 4.69) is 4.98 Å². The van der Waals surface area contributed by atoms with Crippen molar-refractivity contribution in [2.75, 3.05) is 32.2 Å². The zero-order valence-electron chi connectivity index (χ0n) is 22.5. The normalized spacial score (nSPS) is 11.6. The fourth-order valence-electron chi connectivity index (χ4n) is 4.13. The molecular weight excluding hydrogens is 536 g/mol. The van der Waals surface area contributed by atoms with Crippen molar-refractivity contribution in [2.24, 2.45) is 0 Å². The summed E-state index contributed by atoms with van der Waals surface area (Å²) in [5, 5.41) is 0.442. The number of hydrogen-bond acceptors (Lipinski definition) is 8. The predicted octanol–water partition coefficient (Wildman–Crippen LogP) is 5.37. The van der Waals surface area contributed by atoms with Gasteiger partial charge >= 0.3 is 0 Å². The van der Waals surface area contributed by atoms with Gasteiger partial charge in [-0.3, -0.25) is 14.7 Å². The van der Waals surface area contributed by atoms with Gasteiger partial charge in [0.25, 0.3) is 5.91 Å². The molecule has 0 spiro atoms. The van der Waals surface area contributed by atoms with Gasteiger partial charge in [-0.2, -0.15) is 4.31 Å². The molecule has 0 saturated carbocycles. The largest absolute Gasteiger partial charge is 0.495 e. The smallest absolute Gasteiger partial charge is 0.260 e. The van der Waals surface area contributed by atoms with Crippen LogP contribution in [0.2, 0.25) is 0 Å². The summed E-state index contributed by atoms with van der Waals surface area (Å²) in [6.45, 7) is 4.85. The molecule has 1 amide bonds. The van der Waals surface area contributed by atoms with Crippen LogP contribution in [0, 0.1) is 0 Å². The SMILES string of the molecule is CCCCN(CC)S(=O)(=O)c1ccc(C(=O)N(Cc2ccccn2)c2nc3c(OC)ccc(OC)c3s2)cc1. The number of nitrogens with zero attached hydrogens (tertiary/aromatic N) is 4. The molecule has 2 aromatic heterocycles. The lowest BCUT2D eigenvalue weighted by atomic mass is 10.2. The van der Waals surface area contributed by atoms with Crippen molar-refractivity contribution in [1.82, 2.24) is 14.3 Å². The van der Waals surface area contributed by atoms with Gasteiger partial charge in [0.05, 0.1) is 31.4 Å². The van der Waals surface area contributed by atoms with Crippen molar-refractivity contribution in [1.29, 1.82) is 0 Å². The number of amides is 1. The van der Waals surface area contributed by atoms with Crippen molar-refractivity contribution in [3.8, 4) is 11.5 Å². The number of unbranched alkanes of at least 4 members (excludes halogenated alkanes) is 1. The number of fused-ring (bicyclic) bond motifs is 1. The number of anilines is 1. The minimum absolute atomic E-state index is 0.155. The molecule has 0 aliphatic carbocycles. The van der Waals surface area contributed by atoms with E-state index in [9.17, 15) is 13.2 Å². The van der Waals surface area contributed by atoms with Gasteiger partial charge < -0.3 is 9.47 Å². The molecule has 2 aromatic carbocycles. The zero-order valence-corrected chi connectivity index (χ0v) is 24.1. The van der Waals surface area contributed by atoms with E-state index in [0.29, 0.717) is 46.5 Å². The molecule has 0 bridgehead atoms. The number of rotatable bonds is 12. The molecule has 0 aliphatic heterocycles. The van der Waals surface area contributed by atoms with Crippen molar-refractivity contribution >= 4 is 42.6 Å². The number of thiazole rings is 1. The molecule has 0 fully saturated rings. The van der Waals surface area contributed by atoms with Crippen molar-refractivity contribution in [3.05, 3.63) is 72.1 Å². The van der Waals surface area contributed by atoms with E-state index < -0.39 is 10.0 Å². The van der Waals surface area contributed by atoms with E-state index in [1.165, 1.54) is 32.7 Å². The van der Waals surface area contributed by atoms with E-state index in [0.717, 1.165) is 17.5 Å². The Labute approximate surface area is 233 Å². The average molecular weight is 569 g/mol. The maximum Gasteiger partial charge on any atom is 0.260 e. The molecular formula is C28H32N4O5S2. The van der Waals surface area contributed by atoms with E-state index in [4.69, 9.17) is 14.5 Å². The quantitative estimate of drug-likeness (QED) is 0.227. The van der Waals surface area contributed by atoms with E-state index in [1.54, 1.807) is 44.7 Å². The van der Waals surface area contributed by atoms with Crippen molar-refractivity contribution in [2.45, 2.75) is 38.1 Å². The van der Waals surface area contributed by atoms with E-state index in [-0.39, 0.29) is 17.3 Å². The molecule has 0 atom stereocenters. The fourth-order valence-corrected chi connectivity index (χ4v) is 6.69. The molecule has 0 radical (unpaired) electrons. The maximum absolute atomic E-state index is 13.9. The van der Waals surface area contributed by atoms with E-state index in [1.807, 2.05) is 32.0 Å². The number of sulfonamides is 1. The number of pyridine rings is 1. The average Bonchev–Trinajstić information content (AvgIpc) is 3.41. The summed E-state index contributed by atoms with van der Waals surface area (Å²) in [5.74, 6) is 0.856. The minimum Gasteiger partial charge on any atom is -0.495 e. The highest BCUT2D eigenvalue weighted by Gasteiger charge is 2.26. The first-order chi connectivity index (χ1) is 18.8. The van der Waals surface area contributed by atoms with Gasteiger partial charge in [0.2, 0.25) is 10.0 Å². The third kappa shape index (κ3) is 6.05. The van der Waals surface area contributed by atoms with Crippen LogP contribution in [0.4, 0.5) is 5.13 Å². The Hall–Kier alpha value is -3.54. The first kappa shape index (κ1) is 28.5. The lowest BCUT2D eigenvalue weighted by molar-refractivity contribution is 0.0984. The van der Waals surface area contributed by atoms with Crippen LogP contribution in [0.25, 0.3) is 10.2 Å². The third-order valence-corrected chi connectivity index (χ3v) is 9.36. The highest BCUT2D eigenvalue weighted by molar-refractivity contribution is 7.89. The molecule has 9 nitrogen and oxygen atoms in total. The summed E-state index contributed by atoms with van der Waals surface area (Å²) in [5.41, 5.74) is 1.60. The molecule has 4 rings (SSSR count). The molecule has 0 unspecified atom stereocenters. The fraction of sp³-hybridized carbons (Fsp3) is 0.321. The molecule has 206 valence electrons. The second-order valence-electron chi connectivity index (χ2n) is 8.73. The zero-order chi connectivity index (χ0) is 28.0. The first-order valence-electron chi connectivity index (χ1n) is 12.7. The Morgan fingerprint density at radius 3 is 2.31 bits per heavy atom. The summed E-state index contributed by atoms with van der Waals surface area (Å²) in [6, 6.07) is 15.1. The van der Waals surface area contributed by atoms with Crippen LogP contribution in [0.3, 0.4) is 0 Å². The summed E-state index contributed by atoms with van der Waals surface area (Å²) >= 11 is 1.31. The predicted molar refractivity (Wildman–Crippen MR) is 153 cm³/mol. The minimum atomic E-state index is -3.66. The van der Waals surface area contributed by atoms with Crippen LogP contribution in [0.15, 0.2) is 65.7 Å². The first-order valence-corrected chi connectivity index (χ1v) is 14.9. The van der Waals surface area contributed by atoms with Crippen LogP contribution in [-0.2, 0) is 16.6 Å². The Morgan fingerprint density at radius 2 is 1.69 bits per heavy atom. The Morgan fingerprint density at radius 1 is 0.974 bits per heavy atom. The second-order valence-corrected chi connectivity index (χ2v) is 11.6. The molecule has 0 aliphatic rings. The van der Waals surface area contributed by atoms with Crippen LogP contribution < -0.4 is 14.4 Å². The highest BCUT2D eigenvalue weighted by Crippen LogP contribution is 2.40. The summed E-state index contributed by atoms with van der Waals surface area (Å²) in [7, 11) is -0.517. The van der Waals surface area contributed by atoms with Gasteiger partial charge in [-0.25, -0.2) is 13.4 Å². The van der Waals surface area contributed by atoms with Crippen LogP contribution in [0.1, 0.15) is 42.7 Å². The number of carbonyl (C=O) groups is 1. The van der Waals surface area contributed by atoms with Gasteiger partial charge in [-0.1, -0.05) is 37.7 Å². The molecule has 0 N–H and O–H groups in total. The third-order valence-electron chi connectivity index (χ3n) is 6.27. The molecule has 4 aromatic rings. The molecule has 2 heterocycles. The molecule has 11 heteroatoms. The Bertz CT molecular complexity index is 1480. The summed E-state index contributed by atoms with van der Waals surface area (Å²) < 4.78 is 39.5. The van der Waals surface area contributed by atoms with E-state index >= 15 is 0 Å². The van der Waals surface area contributed by atoms with Crippen molar-refractivity contribution in [3.63, 3.8) is 0 Å². The van der Waals surface area contributed by atoms with Gasteiger partial charge in [0.1, 0.15) is 21.7 Å². The number of benzene rings is 2. The van der Waals surface area contributed by atoms with Crippen molar-refractivity contribution < 1.29 is 22.7 Å². The Balaban J connectivity index is 1.72. The van der Waals surface area contributed by atoms with Gasteiger partial charge in [0.15, 0.2) is 5.13 Å². The van der Waals surface area contributed by atoms with Gasteiger partial charge in [-0.15, -0.1) is 0 Å². The lowest BCUT2D eigenvalue weighted by Crippen LogP contribution is -2.32. The number of carbonyl (C=O) groups excluding carboxylic acids is 1. The van der Waals surface area contributed by atoms with Gasteiger partial charge in [0, 0.05) is 24.8 Å². The van der Waals surface area contributed by atoms with Crippen LogP contribution in [0.5, 0.6) is 11.5 Å². The Kier molecular flexibility index (Phi) is 9.16. The molecule has 39 heavy (non-hydrogen) atoms. The second kappa shape index (κ2) is 12.5. The lowest BCUT2D eigenvalue weighted by Gasteiger charge is -2.21. The number of aromatic nitrogens is 2. The standard InChI is InChI=1S/C28H32N4O5S2/c1-5-7-18-31(6-2)39(34,35)22-13-11-20(12-14-22)27(33)32(19-21-10-8-9-17-29-21)28-30-25-23(36-3)15-16-24(37-4)26(25)38-28/h8-17H,5-7,18-19H2,1-4H3. The summed E-state index contributed by atoms with van der Waals surface area (Å²) in [6.07, 6.45) is 3.35. The number of hydrogen-bond donors (Lipinski definition) is 0. The van der Waals surface area contributed by atoms with Gasteiger partial charge in [-0.05, 0) is 55.0 Å². The van der Waals surface area contributed by atoms with Crippen LogP contribution in [-0.4, -0.2) is 55.9 Å². The highest BCUT2D eigenvalue weighted by atomic mass is 32.2. The van der Waals surface area contributed by atoms with Crippen LogP contribution >= 0.6 is 11.3 Å². The molecule has 0 saturated heterocycles. The summed E-state index contributed by atoms with van der Waals surface area (Å²) in [4.78, 5) is 24.7. The number of methoxy groups -OCH3 is 2. The monoisotopic (exact) mass is 568 g/mol. The topological polar surface area (TPSA) is 102 Å². The number of ether oxygens (including phenoxy) is 2.